The molecule has 0 radical (unpaired) electrons. The van der Waals surface area contributed by atoms with Crippen molar-refractivity contribution in [2.75, 3.05) is 11.9 Å². The van der Waals surface area contributed by atoms with Gasteiger partial charge in [-0.1, -0.05) is 23.7 Å². The number of para-hydroxylation sites is 1. The zero-order valence-electron chi connectivity index (χ0n) is 14.1. The van der Waals surface area contributed by atoms with Crippen LogP contribution in [0.2, 0.25) is 5.02 Å². The molecule has 2 aromatic carbocycles. The Labute approximate surface area is 167 Å². The molecule has 1 amide bonds. The van der Waals surface area contributed by atoms with E-state index in [2.05, 4.69) is 10.3 Å². The number of esters is 1. The van der Waals surface area contributed by atoms with E-state index < -0.39 is 23.4 Å². The van der Waals surface area contributed by atoms with Crippen LogP contribution in [0, 0.1) is 10.1 Å². The normalized spacial score (nSPS) is 10.9. The fraction of sp³-hybridized carbons (Fsp3) is 0.0556. The third-order valence-corrected chi connectivity index (χ3v) is 4.68. The Balaban J connectivity index is 1.56. The molecule has 0 saturated carbocycles. The predicted octanol–water partition coefficient (Wildman–Crippen LogP) is 4.05. The Bertz CT molecular complexity index is 1060. The van der Waals surface area contributed by atoms with Crippen LogP contribution in [-0.2, 0) is 14.3 Å². The first-order chi connectivity index (χ1) is 13.4. The maximum Gasteiger partial charge on any atom is 0.331 e. The van der Waals surface area contributed by atoms with Crippen LogP contribution in [0.1, 0.15) is 5.01 Å². The first-order valence-corrected chi connectivity index (χ1v) is 9.06. The van der Waals surface area contributed by atoms with Crippen molar-refractivity contribution in [1.29, 1.82) is 0 Å². The number of hydrogen-bond donors (Lipinski definition) is 1. The number of nitro benzene ring substituents is 1. The van der Waals surface area contributed by atoms with Crippen molar-refractivity contribution >= 4 is 62.5 Å². The molecule has 0 spiro atoms. The number of carbonyl (C=O) groups excluding carboxylic acids is 2. The molecule has 0 fully saturated rings. The molecule has 3 aromatic rings. The first-order valence-electron chi connectivity index (χ1n) is 7.86. The summed E-state index contributed by atoms with van der Waals surface area (Å²) in [7, 11) is 0. The second kappa shape index (κ2) is 8.59. The maximum atomic E-state index is 11.9. The molecule has 28 heavy (non-hydrogen) atoms. The molecule has 10 heteroatoms. The molecule has 8 nitrogen and oxygen atoms in total. The van der Waals surface area contributed by atoms with Gasteiger partial charge in [0, 0.05) is 17.2 Å². The van der Waals surface area contributed by atoms with Gasteiger partial charge in [-0.15, -0.1) is 11.3 Å². The minimum absolute atomic E-state index is 0.0800. The summed E-state index contributed by atoms with van der Waals surface area (Å²) in [6.07, 6.45) is 2.65. The summed E-state index contributed by atoms with van der Waals surface area (Å²) in [6.45, 7) is -0.604. The monoisotopic (exact) mass is 417 g/mol. The minimum Gasteiger partial charge on any atom is -0.452 e. The molecule has 0 atom stereocenters. The molecule has 0 saturated heterocycles. The molecular formula is C18H12ClN3O5S. The van der Waals surface area contributed by atoms with Crippen LogP contribution in [-0.4, -0.2) is 28.4 Å². The fourth-order valence-corrected chi connectivity index (χ4v) is 3.28. The van der Waals surface area contributed by atoms with E-state index in [0.29, 0.717) is 5.01 Å². The quantitative estimate of drug-likeness (QED) is 0.280. The van der Waals surface area contributed by atoms with E-state index in [9.17, 15) is 19.7 Å². The van der Waals surface area contributed by atoms with Crippen molar-refractivity contribution in [2.24, 2.45) is 0 Å². The third-order valence-electron chi connectivity index (χ3n) is 3.45. The van der Waals surface area contributed by atoms with Crippen molar-refractivity contribution in [3.05, 3.63) is 68.7 Å². The van der Waals surface area contributed by atoms with Crippen molar-refractivity contribution < 1.29 is 19.2 Å². The number of rotatable bonds is 6. The number of nitro groups is 1. The van der Waals surface area contributed by atoms with E-state index in [4.69, 9.17) is 16.3 Å². The van der Waals surface area contributed by atoms with Crippen LogP contribution in [0.4, 0.5) is 11.4 Å². The fourth-order valence-electron chi connectivity index (χ4n) is 2.24. The number of nitrogens with zero attached hydrogens (tertiary/aromatic N) is 2. The number of fused-ring (bicyclic) bond motifs is 1. The summed E-state index contributed by atoms with van der Waals surface area (Å²) in [5, 5.41) is 14.1. The highest BCUT2D eigenvalue weighted by Crippen LogP contribution is 2.27. The summed E-state index contributed by atoms with van der Waals surface area (Å²) in [4.78, 5) is 38.3. The second-order valence-corrected chi connectivity index (χ2v) is 6.93. The van der Waals surface area contributed by atoms with E-state index in [0.717, 1.165) is 16.3 Å². The summed E-state index contributed by atoms with van der Waals surface area (Å²) in [6, 6.07) is 11.3. The van der Waals surface area contributed by atoms with Crippen molar-refractivity contribution in [2.45, 2.75) is 0 Å². The van der Waals surface area contributed by atoms with Gasteiger partial charge in [0.05, 0.1) is 15.1 Å². The van der Waals surface area contributed by atoms with E-state index in [1.165, 1.54) is 35.6 Å². The summed E-state index contributed by atoms with van der Waals surface area (Å²) < 4.78 is 5.82. The number of halogens is 1. The Morgan fingerprint density at radius 3 is 2.82 bits per heavy atom. The van der Waals surface area contributed by atoms with Crippen molar-refractivity contribution in [1.82, 2.24) is 4.98 Å². The van der Waals surface area contributed by atoms with Gasteiger partial charge in [0.25, 0.3) is 11.6 Å². The molecule has 1 N–H and O–H groups in total. The van der Waals surface area contributed by atoms with Crippen LogP contribution in [0.25, 0.3) is 16.3 Å². The Morgan fingerprint density at radius 1 is 1.29 bits per heavy atom. The average molecular weight is 418 g/mol. The SMILES string of the molecule is O=C(COC(=O)C=Cc1nc2ccccc2s1)Nc1cc(Cl)ccc1[N+](=O)[O-]. The largest absolute Gasteiger partial charge is 0.452 e. The number of hydrogen-bond acceptors (Lipinski definition) is 7. The number of aromatic nitrogens is 1. The molecule has 142 valence electrons. The highest BCUT2D eigenvalue weighted by Gasteiger charge is 2.16. The Kier molecular flexibility index (Phi) is 5.97. The molecule has 0 aliphatic heterocycles. The number of benzene rings is 2. The van der Waals surface area contributed by atoms with Gasteiger partial charge in [-0.05, 0) is 30.3 Å². The lowest BCUT2D eigenvalue weighted by atomic mass is 10.2. The average Bonchev–Trinajstić information content (AvgIpc) is 3.07. The third kappa shape index (κ3) is 4.90. The van der Waals surface area contributed by atoms with Gasteiger partial charge in [-0.3, -0.25) is 14.9 Å². The van der Waals surface area contributed by atoms with Crippen LogP contribution >= 0.6 is 22.9 Å². The number of nitrogens with one attached hydrogen (secondary N) is 1. The number of thiazole rings is 1. The van der Waals surface area contributed by atoms with Gasteiger partial charge >= 0.3 is 5.97 Å². The lowest BCUT2D eigenvalue weighted by Crippen LogP contribution is -2.20. The highest BCUT2D eigenvalue weighted by atomic mass is 35.5. The molecule has 0 unspecified atom stereocenters. The van der Waals surface area contributed by atoms with Crippen LogP contribution in [0.3, 0.4) is 0 Å². The zero-order valence-corrected chi connectivity index (χ0v) is 15.7. The highest BCUT2D eigenvalue weighted by molar-refractivity contribution is 7.19. The Hall–Kier alpha value is -3.30. The van der Waals surface area contributed by atoms with Crippen LogP contribution in [0.15, 0.2) is 48.5 Å². The van der Waals surface area contributed by atoms with Gasteiger partial charge in [0.2, 0.25) is 0 Å². The predicted molar refractivity (Wildman–Crippen MR) is 106 cm³/mol. The van der Waals surface area contributed by atoms with Crippen molar-refractivity contribution in [3.8, 4) is 0 Å². The summed E-state index contributed by atoms with van der Waals surface area (Å²) in [5.74, 6) is -1.47. The van der Waals surface area contributed by atoms with E-state index in [-0.39, 0.29) is 16.4 Å². The molecule has 1 heterocycles. The van der Waals surface area contributed by atoms with Gasteiger partial charge in [0.15, 0.2) is 6.61 Å². The second-order valence-electron chi connectivity index (χ2n) is 5.43. The number of carbonyl (C=O) groups is 2. The standard InChI is InChI=1S/C18H12ClN3O5S/c19-11-5-6-14(22(25)26)13(9-11)20-16(23)10-27-18(24)8-7-17-21-12-3-1-2-4-15(12)28-17/h1-9H,10H2,(H,20,23). The van der Waals surface area contributed by atoms with Crippen LogP contribution in [0.5, 0.6) is 0 Å². The number of anilines is 1. The number of ether oxygens (including phenoxy) is 1. The molecule has 0 bridgehead atoms. The lowest BCUT2D eigenvalue weighted by Gasteiger charge is -2.06. The molecule has 1 aromatic heterocycles. The van der Waals surface area contributed by atoms with E-state index in [1.54, 1.807) is 0 Å². The smallest absolute Gasteiger partial charge is 0.331 e. The summed E-state index contributed by atoms with van der Waals surface area (Å²) >= 11 is 7.20. The maximum absolute atomic E-state index is 11.9. The van der Waals surface area contributed by atoms with Gasteiger partial charge < -0.3 is 10.1 Å². The van der Waals surface area contributed by atoms with E-state index in [1.807, 2.05) is 24.3 Å². The molecule has 0 aliphatic carbocycles. The van der Waals surface area contributed by atoms with E-state index >= 15 is 0 Å². The lowest BCUT2D eigenvalue weighted by molar-refractivity contribution is -0.383. The van der Waals surface area contributed by atoms with Gasteiger partial charge in [-0.25, -0.2) is 9.78 Å². The molecule has 3 rings (SSSR count). The summed E-state index contributed by atoms with van der Waals surface area (Å²) in [5.41, 5.74) is 0.423. The number of amides is 1. The van der Waals surface area contributed by atoms with Crippen LogP contribution < -0.4 is 5.32 Å². The zero-order chi connectivity index (χ0) is 20.1. The minimum atomic E-state index is -0.741. The first kappa shape index (κ1) is 19.5. The molecule has 0 aliphatic rings. The molecular weight excluding hydrogens is 406 g/mol. The van der Waals surface area contributed by atoms with Gasteiger partial charge in [-0.2, -0.15) is 0 Å². The Morgan fingerprint density at radius 2 is 2.07 bits per heavy atom. The van der Waals surface area contributed by atoms with Crippen molar-refractivity contribution in [3.63, 3.8) is 0 Å². The topological polar surface area (TPSA) is 111 Å². The van der Waals surface area contributed by atoms with Gasteiger partial charge in [0.1, 0.15) is 10.7 Å².